The molecule has 0 amide bonds. The monoisotopic (exact) mass is 488 g/mol. The van der Waals surface area contributed by atoms with Crippen molar-refractivity contribution in [1.82, 2.24) is 4.98 Å². The summed E-state index contributed by atoms with van der Waals surface area (Å²) >= 11 is 0. The molecule has 0 radical (unpaired) electrons. The molecule has 0 atom stereocenters. The second-order valence-electron chi connectivity index (χ2n) is 10.3. The van der Waals surface area contributed by atoms with Crippen molar-refractivity contribution in [2.45, 2.75) is 71.6 Å². The number of hydrogen-bond acceptors (Lipinski definition) is 6. The lowest BCUT2D eigenvalue weighted by Crippen LogP contribution is -2.24. The molecule has 6 nitrogen and oxygen atoms in total. The highest BCUT2D eigenvalue weighted by atomic mass is 16.6. The van der Waals surface area contributed by atoms with Crippen molar-refractivity contribution in [3.8, 4) is 11.5 Å². The lowest BCUT2D eigenvalue weighted by atomic mass is 10.1. The van der Waals surface area contributed by atoms with Crippen LogP contribution in [0.15, 0.2) is 60.9 Å². The Labute approximate surface area is 214 Å². The van der Waals surface area contributed by atoms with Crippen LogP contribution >= 0.6 is 0 Å². The maximum absolute atomic E-state index is 12.8. The van der Waals surface area contributed by atoms with E-state index in [9.17, 15) is 4.79 Å². The predicted molar refractivity (Wildman–Crippen MR) is 142 cm³/mol. The van der Waals surface area contributed by atoms with Crippen LogP contribution in [0.4, 0.5) is 11.4 Å². The van der Waals surface area contributed by atoms with Crippen molar-refractivity contribution in [3.05, 3.63) is 77.6 Å². The van der Waals surface area contributed by atoms with E-state index in [1.54, 1.807) is 19.4 Å². The number of nitrogens with zero attached hydrogens (tertiary/aromatic N) is 2. The first-order valence-corrected chi connectivity index (χ1v) is 12.6. The Morgan fingerprint density at radius 1 is 1.06 bits per heavy atom. The molecule has 1 heterocycles. The molecule has 0 spiro atoms. The summed E-state index contributed by atoms with van der Waals surface area (Å²) in [6.45, 7) is 8.25. The van der Waals surface area contributed by atoms with Gasteiger partial charge in [0.1, 0.15) is 5.60 Å². The highest BCUT2D eigenvalue weighted by molar-refractivity contribution is 5.91. The van der Waals surface area contributed by atoms with Gasteiger partial charge in [-0.05, 0) is 94.8 Å². The molecule has 1 fully saturated rings. The fourth-order valence-electron chi connectivity index (χ4n) is 4.51. The Kier molecular flexibility index (Phi) is 7.82. The first-order chi connectivity index (χ1) is 17.2. The van der Waals surface area contributed by atoms with Gasteiger partial charge < -0.3 is 19.1 Å². The quantitative estimate of drug-likeness (QED) is 0.318. The molecule has 1 aromatic heterocycles. The van der Waals surface area contributed by atoms with Crippen LogP contribution in [0, 0.1) is 6.92 Å². The first kappa shape index (κ1) is 25.5. The van der Waals surface area contributed by atoms with E-state index < -0.39 is 5.60 Å². The zero-order valence-corrected chi connectivity index (χ0v) is 21.9. The van der Waals surface area contributed by atoms with Crippen LogP contribution in [0.25, 0.3) is 0 Å². The van der Waals surface area contributed by atoms with Gasteiger partial charge in [0, 0.05) is 36.4 Å². The number of aromatic nitrogens is 1. The summed E-state index contributed by atoms with van der Waals surface area (Å²) in [5, 5.41) is 0. The maximum Gasteiger partial charge on any atom is 0.338 e. The number of ether oxygens (including phenoxy) is 3. The number of esters is 1. The SMILES string of the molecule is COc1cc(C)c(N(Cc2cccnc2)c2cccc(C(=O)OC(C)(C)C)c2)cc1OC1CCCC1. The normalized spacial score (nSPS) is 13.9. The fourth-order valence-corrected chi connectivity index (χ4v) is 4.51. The summed E-state index contributed by atoms with van der Waals surface area (Å²) in [4.78, 5) is 19.3. The number of anilines is 2. The van der Waals surface area contributed by atoms with Gasteiger partial charge >= 0.3 is 5.97 Å². The van der Waals surface area contributed by atoms with Crippen molar-refractivity contribution in [3.63, 3.8) is 0 Å². The number of benzene rings is 2. The lowest BCUT2D eigenvalue weighted by molar-refractivity contribution is 0.00695. The minimum absolute atomic E-state index is 0.205. The van der Waals surface area contributed by atoms with Gasteiger partial charge in [-0.1, -0.05) is 12.1 Å². The van der Waals surface area contributed by atoms with Gasteiger partial charge in [0.25, 0.3) is 0 Å². The molecule has 0 bridgehead atoms. The maximum atomic E-state index is 12.8. The van der Waals surface area contributed by atoms with E-state index in [1.807, 2.05) is 63.4 Å². The van der Waals surface area contributed by atoms with Crippen molar-refractivity contribution >= 4 is 17.3 Å². The van der Waals surface area contributed by atoms with E-state index in [1.165, 1.54) is 12.8 Å². The van der Waals surface area contributed by atoms with E-state index in [0.717, 1.165) is 46.8 Å². The largest absolute Gasteiger partial charge is 0.493 e. The molecule has 4 rings (SSSR count). The second-order valence-corrected chi connectivity index (χ2v) is 10.3. The molecular formula is C30H36N2O4. The van der Waals surface area contributed by atoms with Crippen molar-refractivity contribution < 1.29 is 19.0 Å². The standard InChI is InChI=1S/C30H36N2O4/c1-21-16-27(34-5)28(35-25-13-6-7-14-25)18-26(21)32(20-22-10-9-15-31-19-22)24-12-8-11-23(17-24)29(33)36-30(2,3)4/h8-12,15-19,25H,6-7,13-14,20H2,1-5H3. The van der Waals surface area contributed by atoms with Gasteiger partial charge in [-0.2, -0.15) is 0 Å². The molecule has 1 aliphatic carbocycles. The number of pyridine rings is 1. The molecule has 0 N–H and O–H groups in total. The number of carbonyl (C=O) groups excluding carboxylic acids is 1. The summed E-state index contributed by atoms with van der Waals surface area (Å²) in [6.07, 6.45) is 8.33. The average Bonchev–Trinajstić information content (AvgIpc) is 3.36. The Morgan fingerprint density at radius 3 is 2.50 bits per heavy atom. The Bertz CT molecular complexity index is 1180. The fraction of sp³-hybridized carbons (Fsp3) is 0.400. The van der Waals surface area contributed by atoms with Crippen LogP contribution in [-0.4, -0.2) is 29.8 Å². The predicted octanol–water partition coefficient (Wildman–Crippen LogP) is 7.01. The number of rotatable bonds is 8. The molecule has 2 aromatic carbocycles. The van der Waals surface area contributed by atoms with Crippen LogP contribution < -0.4 is 14.4 Å². The van der Waals surface area contributed by atoms with Gasteiger partial charge in [-0.15, -0.1) is 0 Å². The molecular weight excluding hydrogens is 452 g/mol. The van der Waals surface area contributed by atoms with Gasteiger partial charge in [0.15, 0.2) is 11.5 Å². The van der Waals surface area contributed by atoms with E-state index >= 15 is 0 Å². The number of aryl methyl sites for hydroxylation is 1. The molecule has 1 aliphatic rings. The Hall–Kier alpha value is -3.54. The van der Waals surface area contributed by atoms with Crippen LogP contribution in [0.5, 0.6) is 11.5 Å². The van der Waals surface area contributed by atoms with Gasteiger partial charge in [-0.3, -0.25) is 4.98 Å². The highest BCUT2D eigenvalue weighted by Crippen LogP contribution is 2.40. The summed E-state index contributed by atoms with van der Waals surface area (Å²) in [5.41, 5.74) is 3.89. The van der Waals surface area contributed by atoms with Crippen molar-refractivity contribution in [1.29, 1.82) is 0 Å². The Balaban J connectivity index is 1.76. The third kappa shape index (κ3) is 6.36. The highest BCUT2D eigenvalue weighted by Gasteiger charge is 2.23. The van der Waals surface area contributed by atoms with Gasteiger partial charge in [-0.25, -0.2) is 4.79 Å². The van der Waals surface area contributed by atoms with Crippen LogP contribution in [0.1, 0.15) is 67.9 Å². The minimum Gasteiger partial charge on any atom is -0.493 e. The molecule has 0 aliphatic heterocycles. The number of methoxy groups -OCH3 is 1. The molecule has 0 saturated heterocycles. The molecule has 190 valence electrons. The molecule has 3 aromatic rings. The van der Waals surface area contributed by atoms with Gasteiger partial charge in [0.2, 0.25) is 0 Å². The summed E-state index contributed by atoms with van der Waals surface area (Å²) in [7, 11) is 1.67. The zero-order chi connectivity index (χ0) is 25.7. The third-order valence-electron chi connectivity index (χ3n) is 6.22. The third-order valence-corrected chi connectivity index (χ3v) is 6.22. The number of hydrogen-bond donors (Lipinski definition) is 0. The van der Waals surface area contributed by atoms with Crippen LogP contribution in [0.3, 0.4) is 0 Å². The minimum atomic E-state index is -0.568. The van der Waals surface area contributed by atoms with E-state index in [4.69, 9.17) is 14.2 Å². The first-order valence-electron chi connectivity index (χ1n) is 12.6. The molecule has 36 heavy (non-hydrogen) atoms. The topological polar surface area (TPSA) is 60.9 Å². The van der Waals surface area contributed by atoms with E-state index in [-0.39, 0.29) is 12.1 Å². The van der Waals surface area contributed by atoms with E-state index in [2.05, 4.69) is 22.9 Å². The lowest BCUT2D eigenvalue weighted by Gasteiger charge is -2.29. The second kappa shape index (κ2) is 11.0. The smallest absolute Gasteiger partial charge is 0.338 e. The van der Waals surface area contributed by atoms with Gasteiger partial charge in [0.05, 0.1) is 18.8 Å². The Morgan fingerprint density at radius 2 is 1.83 bits per heavy atom. The van der Waals surface area contributed by atoms with Crippen LogP contribution in [-0.2, 0) is 11.3 Å². The zero-order valence-electron chi connectivity index (χ0n) is 21.9. The summed E-state index contributed by atoms with van der Waals surface area (Å²) < 4.78 is 17.7. The summed E-state index contributed by atoms with van der Waals surface area (Å²) in [5.74, 6) is 1.12. The molecule has 6 heteroatoms. The summed E-state index contributed by atoms with van der Waals surface area (Å²) in [6, 6.07) is 15.6. The number of carbonyl (C=O) groups is 1. The molecule has 0 unspecified atom stereocenters. The van der Waals surface area contributed by atoms with Crippen molar-refractivity contribution in [2.24, 2.45) is 0 Å². The van der Waals surface area contributed by atoms with E-state index in [0.29, 0.717) is 12.1 Å². The van der Waals surface area contributed by atoms with Crippen molar-refractivity contribution in [2.75, 3.05) is 12.0 Å². The van der Waals surface area contributed by atoms with Crippen LogP contribution in [0.2, 0.25) is 0 Å². The average molecular weight is 489 g/mol. The molecule has 1 saturated carbocycles.